The zero-order valence-electron chi connectivity index (χ0n) is 8.25. The number of nitrogens with zero attached hydrogens (tertiary/aromatic N) is 2. The van der Waals surface area contributed by atoms with Crippen LogP contribution in [-0.2, 0) is 0 Å². The molecule has 0 aliphatic heterocycles. The molecule has 0 saturated heterocycles. The van der Waals surface area contributed by atoms with Crippen molar-refractivity contribution in [3.63, 3.8) is 0 Å². The monoisotopic (exact) mass is 274 g/mol. The second-order valence-corrected chi connectivity index (χ2v) is 17.8. The first kappa shape index (κ1) is 10.1. The molecule has 0 unspecified atom stereocenters. The third-order valence-electron chi connectivity index (χ3n) is 3.03. The van der Waals surface area contributed by atoms with Crippen LogP contribution in [0.5, 0.6) is 0 Å². The Kier molecular flexibility index (Phi) is 3.62. The molecule has 1 aromatic heterocycles. The van der Waals surface area contributed by atoms with Gasteiger partial charge in [-0.25, -0.2) is 0 Å². The van der Waals surface area contributed by atoms with Gasteiger partial charge in [-0.1, -0.05) is 0 Å². The van der Waals surface area contributed by atoms with Crippen LogP contribution in [0.25, 0.3) is 0 Å². The van der Waals surface area contributed by atoms with Crippen molar-refractivity contribution in [3.8, 4) is 0 Å². The van der Waals surface area contributed by atoms with Gasteiger partial charge in [0.05, 0.1) is 0 Å². The van der Waals surface area contributed by atoms with Gasteiger partial charge in [0, 0.05) is 0 Å². The van der Waals surface area contributed by atoms with E-state index in [1.807, 2.05) is 12.5 Å². The first-order valence-electron chi connectivity index (χ1n) is 4.77. The standard InChI is InChI=1S/C3H3N2.3C2H5.Sn/c1-2-5-3-4-1;3*1-2;/h1-3H;3*1H2,2H3;/q-1;;;;+1. The Morgan fingerprint density at radius 3 is 2.08 bits per heavy atom. The van der Waals surface area contributed by atoms with Crippen molar-refractivity contribution in [2.24, 2.45) is 0 Å². The summed E-state index contributed by atoms with van der Waals surface area (Å²) in [6, 6.07) is 0. The van der Waals surface area contributed by atoms with Gasteiger partial charge in [-0.05, 0) is 0 Å². The molecule has 68 valence electrons. The van der Waals surface area contributed by atoms with Gasteiger partial charge in [0.2, 0.25) is 0 Å². The first-order chi connectivity index (χ1) is 5.79. The Bertz CT molecular complexity index is 206. The van der Waals surface area contributed by atoms with Crippen molar-refractivity contribution in [3.05, 3.63) is 18.7 Å². The summed E-state index contributed by atoms with van der Waals surface area (Å²) in [5.74, 6) is 0. The summed E-state index contributed by atoms with van der Waals surface area (Å²) in [4.78, 5) is 4.15. The SMILES string of the molecule is C[CH2][Sn]([CH2]C)([CH2]C)[n]1ccnc1. The number of hydrogen-bond acceptors (Lipinski definition) is 1. The summed E-state index contributed by atoms with van der Waals surface area (Å²) in [5.41, 5.74) is 0. The molecule has 0 aliphatic carbocycles. The molecule has 0 bridgehead atoms. The summed E-state index contributed by atoms with van der Waals surface area (Å²) in [6.45, 7) is 7.01. The van der Waals surface area contributed by atoms with E-state index in [1.165, 1.54) is 13.3 Å². The Morgan fingerprint density at radius 2 is 1.75 bits per heavy atom. The number of aromatic nitrogens is 2. The topological polar surface area (TPSA) is 17.8 Å². The zero-order valence-corrected chi connectivity index (χ0v) is 11.1. The van der Waals surface area contributed by atoms with Crippen molar-refractivity contribution >= 4 is 18.7 Å². The van der Waals surface area contributed by atoms with Crippen LogP contribution in [0.4, 0.5) is 0 Å². The fourth-order valence-electron chi connectivity index (χ4n) is 1.84. The molecule has 1 rings (SSSR count). The van der Waals surface area contributed by atoms with Crippen LogP contribution in [0, 0.1) is 0 Å². The molecule has 1 aromatic rings. The molecule has 3 heteroatoms. The number of hydrogen-bond donors (Lipinski definition) is 0. The molecule has 1 heterocycles. The molecule has 0 fully saturated rings. The summed E-state index contributed by atoms with van der Waals surface area (Å²) >= 11 is -1.95. The van der Waals surface area contributed by atoms with Gasteiger partial charge in [-0.3, -0.25) is 0 Å². The molecule has 0 atom stereocenters. The van der Waals surface area contributed by atoms with E-state index in [0.29, 0.717) is 0 Å². The molecule has 0 saturated carbocycles. The van der Waals surface area contributed by atoms with E-state index < -0.39 is 18.7 Å². The number of rotatable bonds is 4. The average Bonchev–Trinajstić information content (AvgIpc) is 2.62. The van der Waals surface area contributed by atoms with Gasteiger partial charge in [-0.15, -0.1) is 0 Å². The Hall–Kier alpha value is 0.00870. The van der Waals surface area contributed by atoms with Crippen LogP contribution >= 0.6 is 0 Å². The van der Waals surface area contributed by atoms with Crippen LogP contribution in [0.2, 0.25) is 13.3 Å². The van der Waals surface area contributed by atoms with Crippen LogP contribution in [0.1, 0.15) is 20.8 Å². The number of imidazole rings is 1. The Morgan fingerprint density at radius 1 is 1.17 bits per heavy atom. The maximum atomic E-state index is 4.15. The molecule has 0 amide bonds. The first-order valence-corrected chi connectivity index (χ1v) is 12.1. The van der Waals surface area contributed by atoms with E-state index >= 15 is 0 Å². The summed E-state index contributed by atoms with van der Waals surface area (Å²) in [5, 5.41) is 0. The third kappa shape index (κ3) is 1.68. The van der Waals surface area contributed by atoms with Gasteiger partial charge < -0.3 is 0 Å². The molecule has 2 nitrogen and oxygen atoms in total. The molecule has 0 aliphatic rings. The van der Waals surface area contributed by atoms with E-state index in [9.17, 15) is 0 Å². The predicted octanol–water partition coefficient (Wildman–Crippen LogP) is 2.74. The summed E-state index contributed by atoms with van der Waals surface area (Å²) in [7, 11) is 0. The fourth-order valence-corrected chi connectivity index (χ4v) is 11.2. The van der Waals surface area contributed by atoms with Crippen molar-refractivity contribution < 1.29 is 0 Å². The van der Waals surface area contributed by atoms with Crippen LogP contribution < -0.4 is 0 Å². The van der Waals surface area contributed by atoms with E-state index in [0.717, 1.165) is 0 Å². The molecule has 12 heavy (non-hydrogen) atoms. The van der Waals surface area contributed by atoms with Gasteiger partial charge in [0.25, 0.3) is 0 Å². The van der Waals surface area contributed by atoms with Gasteiger partial charge >= 0.3 is 79.2 Å². The Balaban J connectivity index is 2.93. The zero-order chi connectivity index (χ0) is 9.03. The van der Waals surface area contributed by atoms with Crippen molar-refractivity contribution in [2.75, 3.05) is 0 Å². The van der Waals surface area contributed by atoms with Gasteiger partial charge in [-0.2, -0.15) is 0 Å². The van der Waals surface area contributed by atoms with Crippen molar-refractivity contribution in [2.45, 2.75) is 34.1 Å². The quantitative estimate of drug-likeness (QED) is 0.771. The molecule has 0 radical (unpaired) electrons. The Labute approximate surface area is 79.2 Å². The van der Waals surface area contributed by atoms with Gasteiger partial charge in [0.15, 0.2) is 0 Å². The van der Waals surface area contributed by atoms with E-state index in [-0.39, 0.29) is 0 Å². The normalized spacial score (nSPS) is 11.9. The third-order valence-corrected chi connectivity index (χ3v) is 18.2. The molecular formula is C9H18N2Sn. The minimum absolute atomic E-state index is 1.39. The van der Waals surface area contributed by atoms with Crippen molar-refractivity contribution in [1.82, 2.24) is 7.77 Å². The molecule has 0 aromatic carbocycles. The van der Waals surface area contributed by atoms with E-state index in [4.69, 9.17) is 0 Å². The summed E-state index contributed by atoms with van der Waals surface area (Å²) in [6.07, 6.45) is 6.09. The predicted molar refractivity (Wildman–Crippen MR) is 54.8 cm³/mol. The molecular weight excluding hydrogens is 255 g/mol. The van der Waals surface area contributed by atoms with Crippen molar-refractivity contribution in [1.29, 1.82) is 0 Å². The minimum atomic E-state index is -1.95. The second kappa shape index (κ2) is 4.30. The maximum absolute atomic E-state index is 4.15. The molecule has 0 spiro atoms. The average molecular weight is 273 g/mol. The summed E-state index contributed by atoms with van der Waals surface area (Å²) < 4.78 is 6.61. The van der Waals surface area contributed by atoms with E-state index in [1.54, 1.807) is 0 Å². The van der Waals surface area contributed by atoms with Crippen LogP contribution in [0.3, 0.4) is 0 Å². The molecule has 0 N–H and O–H groups in total. The van der Waals surface area contributed by atoms with Gasteiger partial charge in [0.1, 0.15) is 0 Å². The second-order valence-electron chi connectivity index (χ2n) is 3.25. The van der Waals surface area contributed by atoms with E-state index in [2.05, 4.69) is 34.7 Å². The van der Waals surface area contributed by atoms with Crippen LogP contribution in [0.15, 0.2) is 18.7 Å². The fraction of sp³-hybridized carbons (Fsp3) is 0.667. The van der Waals surface area contributed by atoms with Crippen LogP contribution in [-0.4, -0.2) is 26.4 Å².